The average molecular weight is 944 g/mol. The molecule has 0 saturated heterocycles. The van der Waals surface area contributed by atoms with Crippen LogP contribution in [0.3, 0.4) is 0 Å². The van der Waals surface area contributed by atoms with Crippen LogP contribution in [0, 0.1) is 0 Å². The van der Waals surface area contributed by atoms with Crippen LogP contribution in [0.1, 0.15) is 0 Å². The number of benzene rings is 10. The molecule has 14 rings (SSSR count). The quantitative estimate of drug-likeness (QED) is 0.172. The average Bonchev–Trinajstić information content (AvgIpc) is 4.15. The normalized spacial score (nSPS) is 11.5. The molecule has 0 aliphatic rings. The first-order chi connectivity index (χ1) is 33.5. The van der Waals surface area contributed by atoms with E-state index in [0.717, 1.165) is 53.9 Å². The van der Waals surface area contributed by atoms with Crippen LogP contribution in [0.2, 0.25) is 0 Å². The number of aromatic nitrogens is 2. The molecular formula is C60H40BBrN2O4. The van der Waals surface area contributed by atoms with Crippen molar-refractivity contribution in [1.82, 2.24) is 9.13 Å². The van der Waals surface area contributed by atoms with Crippen LogP contribution in [0.15, 0.2) is 244 Å². The van der Waals surface area contributed by atoms with Gasteiger partial charge in [-0.1, -0.05) is 168 Å². The Morgan fingerprint density at radius 2 is 0.794 bits per heavy atom. The van der Waals surface area contributed by atoms with Crippen molar-refractivity contribution in [1.29, 1.82) is 0 Å². The maximum atomic E-state index is 9.24. The Balaban J connectivity index is 0.000000114. The predicted octanol–water partition coefficient (Wildman–Crippen LogP) is 15.2. The number of halogens is 1. The van der Waals surface area contributed by atoms with E-state index in [1.165, 1.54) is 55.0 Å². The van der Waals surface area contributed by atoms with Crippen molar-refractivity contribution in [3.63, 3.8) is 0 Å². The number of fused-ring (bicyclic) bond motifs is 12. The van der Waals surface area contributed by atoms with Crippen LogP contribution in [-0.2, 0) is 0 Å². The Kier molecular flexibility index (Phi) is 10.5. The van der Waals surface area contributed by atoms with E-state index in [2.05, 4.69) is 195 Å². The molecule has 14 aromatic rings. The summed E-state index contributed by atoms with van der Waals surface area (Å²) in [6.07, 6.45) is 0. The SMILES string of the molecule is Brc1ccc2c(c1)c1ccccc1n2-c1ccccc1.OB(O)c1cccc2c1oc1ccccc12.c1ccc(-n2c3ccccc3c3cc(-c4cccc5c4oc4ccccc45)ccc32)cc1. The smallest absolute Gasteiger partial charge is 0.456 e. The van der Waals surface area contributed by atoms with Crippen molar-refractivity contribution in [2.75, 3.05) is 0 Å². The molecule has 2 N–H and O–H groups in total. The molecule has 68 heavy (non-hydrogen) atoms. The van der Waals surface area contributed by atoms with Crippen molar-refractivity contribution in [3.05, 3.63) is 235 Å². The number of para-hydroxylation sites is 8. The standard InChI is InChI=1S/C30H19NO.C18H12BrN.C12H9BO3/c1-2-9-21(10-3-1)31-27-15-6-4-11-23(27)26-19-20(17-18-28(26)31)22-13-8-14-25-24-12-5-7-16-29(24)32-30(22)25;19-13-10-11-18-16(12-13)15-8-4-5-9-17(15)20(18)14-6-2-1-3-7-14;14-13(15)10-6-3-5-9-8-4-1-2-7-11(8)16-12(9)10/h1-19H;1-12H;1-7,14-15H. The van der Waals surface area contributed by atoms with E-state index in [-0.39, 0.29) is 0 Å². The van der Waals surface area contributed by atoms with Gasteiger partial charge in [-0.05, 0) is 84.4 Å². The van der Waals surface area contributed by atoms with Crippen molar-refractivity contribution in [3.8, 4) is 22.5 Å². The van der Waals surface area contributed by atoms with Gasteiger partial charge in [0, 0.05) is 70.0 Å². The second-order valence-corrected chi connectivity index (χ2v) is 17.7. The molecule has 10 aromatic carbocycles. The largest absolute Gasteiger partial charge is 0.492 e. The van der Waals surface area contributed by atoms with Crippen molar-refractivity contribution in [2.24, 2.45) is 0 Å². The van der Waals surface area contributed by atoms with E-state index >= 15 is 0 Å². The Morgan fingerprint density at radius 1 is 0.353 bits per heavy atom. The molecular weight excluding hydrogens is 903 g/mol. The Hall–Kier alpha value is -8.14. The lowest BCUT2D eigenvalue weighted by atomic mass is 9.79. The Bertz CT molecular complexity index is 4150. The summed E-state index contributed by atoms with van der Waals surface area (Å²) in [6.45, 7) is 0. The second kappa shape index (κ2) is 17.3. The van der Waals surface area contributed by atoms with Crippen molar-refractivity contribution in [2.45, 2.75) is 0 Å². The van der Waals surface area contributed by atoms with Crippen LogP contribution >= 0.6 is 15.9 Å². The molecule has 0 aliphatic heterocycles. The summed E-state index contributed by atoms with van der Waals surface area (Å²) in [7, 11) is -1.51. The van der Waals surface area contributed by atoms with Crippen LogP contribution in [0.4, 0.5) is 0 Å². The summed E-state index contributed by atoms with van der Waals surface area (Å²) in [5, 5.41) is 27.8. The van der Waals surface area contributed by atoms with Gasteiger partial charge in [-0.2, -0.15) is 0 Å². The van der Waals surface area contributed by atoms with Crippen molar-refractivity contribution < 1.29 is 18.9 Å². The van der Waals surface area contributed by atoms with E-state index < -0.39 is 7.12 Å². The fourth-order valence-corrected chi connectivity index (χ4v) is 10.1. The number of hydrogen-bond donors (Lipinski definition) is 2. The molecule has 0 spiro atoms. The first-order valence-corrected chi connectivity index (χ1v) is 23.3. The highest BCUT2D eigenvalue weighted by Gasteiger charge is 2.19. The molecule has 0 saturated carbocycles. The van der Waals surface area contributed by atoms with Gasteiger partial charge in [-0.25, -0.2) is 0 Å². The van der Waals surface area contributed by atoms with Gasteiger partial charge in [0.05, 0.1) is 22.1 Å². The molecule has 324 valence electrons. The van der Waals surface area contributed by atoms with Gasteiger partial charge in [0.25, 0.3) is 0 Å². The zero-order chi connectivity index (χ0) is 45.7. The first kappa shape index (κ1) is 41.3. The van der Waals surface area contributed by atoms with Gasteiger partial charge in [-0.15, -0.1) is 0 Å². The minimum absolute atomic E-state index is 0.397. The van der Waals surface area contributed by atoms with Crippen LogP contribution < -0.4 is 5.46 Å². The third-order valence-corrected chi connectivity index (χ3v) is 13.3. The highest BCUT2D eigenvalue weighted by atomic mass is 79.9. The molecule has 0 aliphatic carbocycles. The molecule has 8 heteroatoms. The molecule has 0 atom stereocenters. The summed E-state index contributed by atoms with van der Waals surface area (Å²) >= 11 is 3.57. The summed E-state index contributed by atoms with van der Waals surface area (Å²) in [4.78, 5) is 0. The zero-order valence-corrected chi connectivity index (χ0v) is 38.1. The van der Waals surface area contributed by atoms with Crippen LogP contribution in [-0.4, -0.2) is 26.3 Å². The monoisotopic (exact) mass is 942 g/mol. The maximum absolute atomic E-state index is 9.24. The number of hydrogen-bond acceptors (Lipinski definition) is 4. The van der Waals surface area contributed by atoms with Crippen molar-refractivity contribution >= 4 is 116 Å². The lowest BCUT2D eigenvalue weighted by Gasteiger charge is -2.08. The van der Waals surface area contributed by atoms with E-state index in [0.29, 0.717) is 11.0 Å². The lowest BCUT2D eigenvalue weighted by Crippen LogP contribution is -2.29. The van der Waals surface area contributed by atoms with Gasteiger partial charge in [-0.3, -0.25) is 0 Å². The molecule has 0 bridgehead atoms. The summed E-state index contributed by atoms with van der Waals surface area (Å²) < 4.78 is 17.7. The minimum Gasteiger partial charge on any atom is -0.456 e. The second-order valence-electron chi connectivity index (χ2n) is 16.7. The predicted molar refractivity (Wildman–Crippen MR) is 286 cm³/mol. The fourth-order valence-electron chi connectivity index (χ4n) is 9.74. The Labute approximate surface area is 399 Å². The van der Waals surface area contributed by atoms with E-state index in [1.54, 1.807) is 12.1 Å². The van der Waals surface area contributed by atoms with Gasteiger partial charge in [0.1, 0.15) is 22.3 Å². The molecule has 0 unspecified atom stereocenters. The number of rotatable bonds is 4. The fraction of sp³-hybridized carbons (Fsp3) is 0. The molecule has 0 amide bonds. The summed E-state index contributed by atoms with van der Waals surface area (Å²) in [6, 6.07) is 79.1. The highest BCUT2D eigenvalue weighted by molar-refractivity contribution is 9.10. The Morgan fingerprint density at radius 3 is 1.38 bits per heavy atom. The lowest BCUT2D eigenvalue weighted by molar-refractivity contribution is 0.425. The van der Waals surface area contributed by atoms with Gasteiger partial charge >= 0.3 is 7.12 Å². The molecule has 0 fully saturated rings. The topological polar surface area (TPSA) is 76.6 Å². The molecule has 0 radical (unpaired) electrons. The van der Waals surface area contributed by atoms with Gasteiger partial charge in [0.15, 0.2) is 0 Å². The van der Waals surface area contributed by atoms with Crippen LogP contribution in [0.25, 0.3) is 110 Å². The number of nitrogens with zero attached hydrogens (tertiary/aromatic N) is 2. The molecule has 4 heterocycles. The third-order valence-electron chi connectivity index (χ3n) is 12.8. The molecule has 4 aromatic heterocycles. The van der Waals surface area contributed by atoms with Gasteiger partial charge in [0.2, 0.25) is 0 Å². The highest BCUT2D eigenvalue weighted by Crippen LogP contribution is 2.40. The van der Waals surface area contributed by atoms with E-state index in [9.17, 15) is 10.0 Å². The molecule has 6 nitrogen and oxygen atoms in total. The summed E-state index contributed by atoms with van der Waals surface area (Å²) in [5.41, 5.74) is 13.1. The van der Waals surface area contributed by atoms with E-state index in [4.69, 9.17) is 8.83 Å². The summed E-state index contributed by atoms with van der Waals surface area (Å²) in [5.74, 6) is 0. The number of furan rings is 2. The zero-order valence-electron chi connectivity index (χ0n) is 36.5. The minimum atomic E-state index is -1.51. The third kappa shape index (κ3) is 7.14. The van der Waals surface area contributed by atoms with E-state index in [1.807, 2.05) is 48.5 Å². The first-order valence-electron chi connectivity index (χ1n) is 22.5. The maximum Gasteiger partial charge on any atom is 0.492 e. The van der Waals surface area contributed by atoms with Crippen LogP contribution in [0.5, 0.6) is 0 Å². The van der Waals surface area contributed by atoms with Gasteiger partial charge < -0.3 is 28.0 Å².